The van der Waals surface area contributed by atoms with Crippen LogP contribution < -0.4 is 11.1 Å². The minimum Gasteiger partial charge on any atom is -0.370 e. The molecule has 1 aromatic heterocycles. The smallest absolute Gasteiger partial charge is 0.193 e. The molecular formula is C12H16N4S. The van der Waals surface area contributed by atoms with Crippen LogP contribution >= 0.6 is 11.3 Å². The van der Waals surface area contributed by atoms with Gasteiger partial charge in [0.15, 0.2) is 5.96 Å². The number of thiazole rings is 1. The Labute approximate surface area is 105 Å². The molecule has 3 N–H and O–H groups in total. The molecule has 0 bridgehead atoms. The van der Waals surface area contributed by atoms with E-state index in [0.29, 0.717) is 5.96 Å². The number of guanidine groups is 1. The number of aromatic nitrogens is 1. The molecule has 0 saturated carbocycles. The number of hydrogen-bond donors (Lipinski definition) is 2. The van der Waals surface area contributed by atoms with Crippen LogP contribution in [-0.4, -0.2) is 16.5 Å². The van der Waals surface area contributed by atoms with Gasteiger partial charge in [-0.1, -0.05) is 0 Å². The van der Waals surface area contributed by atoms with Gasteiger partial charge in [0.2, 0.25) is 0 Å². The van der Waals surface area contributed by atoms with Crippen LogP contribution in [0.15, 0.2) is 28.7 Å². The van der Waals surface area contributed by atoms with Crippen LogP contribution in [0.4, 0.5) is 5.69 Å². The van der Waals surface area contributed by atoms with Crippen molar-refractivity contribution < 1.29 is 0 Å². The summed E-state index contributed by atoms with van der Waals surface area (Å²) in [5.74, 6) is 0.432. The van der Waals surface area contributed by atoms with Crippen LogP contribution in [-0.2, 0) is 0 Å². The highest BCUT2D eigenvalue weighted by Gasteiger charge is 2.08. The topological polar surface area (TPSA) is 63.3 Å². The van der Waals surface area contributed by atoms with Crippen LogP contribution in [0.1, 0.15) is 20.8 Å². The van der Waals surface area contributed by atoms with Crippen molar-refractivity contribution in [2.45, 2.75) is 26.3 Å². The van der Waals surface area contributed by atoms with Crippen molar-refractivity contribution in [1.29, 1.82) is 0 Å². The lowest BCUT2D eigenvalue weighted by atomic mass is 10.1. The molecule has 2 rings (SSSR count). The summed E-state index contributed by atoms with van der Waals surface area (Å²) >= 11 is 1.61. The van der Waals surface area contributed by atoms with E-state index < -0.39 is 0 Å². The predicted molar refractivity (Wildman–Crippen MR) is 74.6 cm³/mol. The van der Waals surface area contributed by atoms with Gasteiger partial charge < -0.3 is 11.1 Å². The van der Waals surface area contributed by atoms with Crippen molar-refractivity contribution in [3.05, 3.63) is 23.7 Å². The van der Waals surface area contributed by atoms with Gasteiger partial charge in [-0.05, 0) is 39.0 Å². The summed E-state index contributed by atoms with van der Waals surface area (Å²) in [4.78, 5) is 8.57. The average Bonchev–Trinajstić information content (AvgIpc) is 2.61. The average molecular weight is 248 g/mol. The Hall–Kier alpha value is -1.62. The number of aliphatic imine (C=N–C) groups is 1. The summed E-state index contributed by atoms with van der Waals surface area (Å²) < 4.78 is 1.14. The first-order valence-electron chi connectivity index (χ1n) is 5.40. The van der Waals surface area contributed by atoms with Gasteiger partial charge >= 0.3 is 0 Å². The van der Waals surface area contributed by atoms with E-state index in [1.165, 1.54) is 0 Å². The maximum Gasteiger partial charge on any atom is 0.193 e. The molecule has 0 atom stereocenters. The third-order valence-corrected chi connectivity index (χ3v) is 2.85. The summed E-state index contributed by atoms with van der Waals surface area (Å²) in [6.07, 6.45) is 0. The second-order valence-corrected chi connectivity index (χ2v) is 5.71. The Bertz CT molecular complexity index is 551. The predicted octanol–water partition coefficient (Wildman–Crippen LogP) is 2.82. The van der Waals surface area contributed by atoms with Crippen LogP contribution in [0.5, 0.6) is 0 Å². The lowest BCUT2D eigenvalue weighted by molar-refractivity contribution is 0.583. The molecule has 0 radical (unpaired) electrons. The second kappa shape index (κ2) is 4.33. The number of nitrogens with one attached hydrogen (secondary N) is 1. The fraction of sp³-hybridized carbons (Fsp3) is 0.333. The molecule has 0 unspecified atom stereocenters. The SMILES string of the molecule is CC(C)(C)N=C(N)Nc1ccc2ncsc2c1. The minimum atomic E-state index is -0.175. The van der Waals surface area contributed by atoms with Gasteiger partial charge in [0.05, 0.1) is 21.3 Å². The van der Waals surface area contributed by atoms with Crippen molar-refractivity contribution in [2.75, 3.05) is 5.32 Å². The quantitative estimate of drug-likeness (QED) is 0.602. The van der Waals surface area contributed by atoms with Gasteiger partial charge in [-0.15, -0.1) is 11.3 Å². The van der Waals surface area contributed by atoms with E-state index in [2.05, 4.69) is 15.3 Å². The molecule has 0 saturated heterocycles. The normalized spacial score (nSPS) is 13.0. The standard InChI is InChI=1S/C12H16N4S/c1-12(2,3)16-11(13)15-8-4-5-9-10(6-8)17-7-14-9/h4-7H,1-3H3,(H3,13,15,16). The molecule has 1 aromatic carbocycles. The first-order chi connectivity index (χ1) is 7.94. The highest BCUT2D eigenvalue weighted by atomic mass is 32.1. The first-order valence-corrected chi connectivity index (χ1v) is 6.28. The zero-order chi connectivity index (χ0) is 12.5. The van der Waals surface area contributed by atoms with Crippen molar-refractivity contribution >= 4 is 33.2 Å². The van der Waals surface area contributed by atoms with Crippen LogP contribution in [0.2, 0.25) is 0 Å². The molecular weight excluding hydrogens is 232 g/mol. The number of hydrogen-bond acceptors (Lipinski definition) is 3. The molecule has 1 heterocycles. The van der Waals surface area contributed by atoms with E-state index in [9.17, 15) is 0 Å². The summed E-state index contributed by atoms with van der Waals surface area (Å²) in [7, 11) is 0. The van der Waals surface area contributed by atoms with E-state index in [0.717, 1.165) is 15.9 Å². The molecule has 0 aliphatic rings. The third-order valence-electron chi connectivity index (χ3n) is 2.06. The number of fused-ring (bicyclic) bond motifs is 1. The van der Waals surface area contributed by atoms with E-state index >= 15 is 0 Å². The second-order valence-electron chi connectivity index (χ2n) is 4.83. The van der Waals surface area contributed by atoms with Crippen LogP contribution in [0, 0.1) is 0 Å². The molecule has 0 aliphatic heterocycles. The molecule has 17 heavy (non-hydrogen) atoms. The number of nitrogens with zero attached hydrogens (tertiary/aromatic N) is 2. The van der Waals surface area contributed by atoms with Crippen LogP contribution in [0.25, 0.3) is 10.2 Å². The van der Waals surface area contributed by atoms with Crippen molar-refractivity contribution in [3.8, 4) is 0 Å². The molecule has 0 spiro atoms. The highest BCUT2D eigenvalue weighted by molar-refractivity contribution is 7.16. The van der Waals surface area contributed by atoms with Gasteiger partial charge in [0, 0.05) is 5.69 Å². The summed E-state index contributed by atoms with van der Waals surface area (Å²) in [5.41, 5.74) is 9.44. The van der Waals surface area contributed by atoms with Gasteiger partial charge in [-0.2, -0.15) is 0 Å². The summed E-state index contributed by atoms with van der Waals surface area (Å²) in [6, 6.07) is 5.95. The third kappa shape index (κ3) is 3.17. The fourth-order valence-corrected chi connectivity index (χ4v) is 2.19. The Balaban J connectivity index is 2.21. The van der Waals surface area contributed by atoms with Crippen molar-refractivity contribution in [2.24, 2.45) is 10.7 Å². The number of benzene rings is 1. The molecule has 2 aromatic rings. The Kier molecular flexibility index (Phi) is 3.02. The molecule has 5 heteroatoms. The van der Waals surface area contributed by atoms with E-state index in [-0.39, 0.29) is 5.54 Å². The summed E-state index contributed by atoms with van der Waals surface area (Å²) in [6.45, 7) is 6.02. The van der Waals surface area contributed by atoms with Crippen molar-refractivity contribution in [3.63, 3.8) is 0 Å². The number of rotatable bonds is 1. The summed E-state index contributed by atoms with van der Waals surface area (Å²) in [5, 5.41) is 3.09. The molecule has 0 aliphatic carbocycles. The molecule has 4 nitrogen and oxygen atoms in total. The monoisotopic (exact) mass is 248 g/mol. The van der Waals surface area contributed by atoms with E-state index in [1.807, 2.05) is 44.5 Å². The Morgan fingerprint density at radius 1 is 1.41 bits per heavy atom. The fourth-order valence-electron chi connectivity index (χ4n) is 1.47. The maximum absolute atomic E-state index is 5.84. The van der Waals surface area contributed by atoms with Gasteiger partial charge in [0.25, 0.3) is 0 Å². The minimum absolute atomic E-state index is 0.175. The number of nitrogens with two attached hydrogens (primary N) is 1. The lowest BCUT2D eigenvalue weighted by Gasteiger charge is -2.14. The highest BCUT2D eigenvalue weighted by Crippen LogP contribution is 2.21. The Morgan fingerprint density at radius 2 is 2.18 bits per heavy atom. The molecule has 0 amide bonds. The maximum atomic E-state index is 5.84. The number of anilines is 1. The first kappa shape index (κ1) is 11.9. The van der Waals surface area contributed by atoms with Gasteiger partial charge in [-0.25, -0.2) is 9.98 Å². The zero-order valence-electron chi connectivity index (χ0n) is 10.2. The lowest BCUT2D eigenvalue weighted by Crippen LogP contribution is -2.27. The van der Waals surface area contributed by atoms with Gasteiger partial charge in [0.1, 0.15) is 0 Å². The van der Waals surface area contributed by atoms with Crippen molar-refractivity contribution in [1.82, 2.24) is 4.98 Å². The van der Waals surface area contributed by atoms with Gasteiger partial charge in [-0.3, -0.25) is 0 Å². The van der Waals surface area contributed by atoms with Crippen LogP contribution in [0.3, 0.4) is 0 Å². The molecule has 0 fully saturated rings. The molecule has 90 valence electrons. The zero-order valence-corrected chi connectivity index (χ0v) is 11.0. The Morgan fingerprint density at radius 3 is 2.88 bits per heavy atom. The van der Waals surface area contributed by atoms with E-state index in [1.54, 1.807) is 11.3 Å². The van der Waals surface area contributed by atoms with E-state index in [4.69, 9.17) is 5.73 Å². The largest absolute Gasteiger partial charge is 0.370 e.